The number of hydrogen-bond donors (Lipinski definition) is 3. The number of carbonyl (C=O) groups is 4. The zero-order valence-corrected chi connectivity index (χ0v) is 68.1. The molecule has 0 aromatic heterocycles. The first kappa shape index (κ1) is 101. The fourth-order valence-corrected chi connectivity index (χ4v) is 12.2. The molecule has 0 amide bonds. The molecule has 0 fully saturated rings. The molecular weight excluding hydrogens is 1380 g/mol. The van der Waals surface area contributed by atoms with Crippen LogP contribution in [0.1, 0.15) is 323 Å². The Morgan fingerprint density at radius 3 is 0.830 bits per heavy atom. The van der Waals surface area contributed by atoms with Gasteiger partial charge in [-0.3, -0.25) is 37.3 Å². The normalized spacial score (nSPS) is 14.6. The largest absolute Gasteiger partial charge is 0.472 e. The number of phosphoric acid groups is 2. The van der Waals surface area contributed by atoms with Crippen LogP contribution in [0.2, 0.25) is 0 Å². The minimum Gasteiger partial charge on any atom is -0.462 e. The smallest absolute Gasteiger partial charge is 0.462 e. The van der Waals surface area contributed by atoms with E-state index in [-0.39, 0.29) is 25.7 Å². The second-order valence-electron chi connectivity index (χ2n) is 27.0. The predicted molar refractivity (Wildman–Crippen MR) is 436 cm³/mol. The molecule has 0 aromatic carbocycles. The van der Waals surface area contributed by atoms with E-state index in [0.29, 0.717) is 32.1 Å². The van der Waals surface area contributed by atoms with E-state index in [1.54, 1.807) is 0 Å². The topological polar surface area (TPSA) is 237 Å². The number of hydrogen-bond acceptors (Lipinski definition) is 15. The highest BCUT2D eigenvalue weighted by molar-refractivity contribution is 7.47. The molecule has 0 aliphatic rings. The van der Waals surface area contributed by atoms with Crippen molar-refractivity contribution in [1.29, 1.82) is 0 Å². The number of allylic oxidation sites excluding steroid dienone is 24. The Labute approximate surface area is 643 Å². The van der Waals surface area contributed by atoms with Gasteiger partial charge in [0.2, 0.25) is 0 Å². The van der Waals surface area contributed by atoms with Crippen LogP contribution in [-0.4, -0.2) is 96.7 Å². The molecule has 106 heavy (non-hydrogen) atoms. The van der Waals surface area contributed by atoms with E-state index in [2.05, 4.69) is 155 Å². The molecule has 0 aliphatic heterocycles. The van der Waals surface area contributed by atoms with Crippen LogP contribution in [0.15, 0.2) is 146 Å². The lowest BCUT2D eigenvalue weighted by molar-refractivity contribution is -0.161. The van der Waals surface area contributed by atoms with Gasteiger partial charge in [-0.25, -0.2) is 9.13 Å². The molecule has 606 valence electrons. The summed E-state index contributed by atoms with van der Waals surface area (Å²) < 4.78 is 68.6. The molecule has 0 saturated heterocycles. The summed E-state index contributed by atoms with van der Waals surface area (Å²) in [7, 11) is -9.99. The van der Waals surface area contributed by atoms with E-state index in [0.717, 1.165) is 167 Å². The van der Waals surface area contributed by atoms with Crippen LogP contribution in [0.3, 0.4) is 0 Å². The van der Waals surface area contributed by atoms with Crippen LogP contribution in [0.5, 0.6) is 0 Å². The quantitative estimate of drug-likeness (QED) is 0.0169. The minimum atomic E-state index is -5.00. The summed E-state index contributed by atoms with van der Waals surface area (Å²) in [5.41, 5.74) is 0. The number of carbonyl (C=O) groups excluding carboxylic acids is 4. The number of rotatable bonds is 76. The van der Waals surface area contributed by atoms with Gasteiger partial charge < -0.3 is 33.8 Å². The first-order valence-electron chi connectivity index (χ1n) is 41.1. The van der Waals surface area contributed by atoms with Gasteiger partial charge in [-0.1, -0.05) is 308 Å². The van der Waals surface area contributed by atoms with Gasteiger partial charge in [0.15, 0.2) is 12.2 Å². The van der Waals surface area contributed by atoms with Crippen LogP contribution in [0.25, 0.3) is 0 Å². The van der Waals surface area contributed by atoms with Crippen LogP contribution in [-0.2, 0) is 65.4 Å². The summed E-state index contributed by atoms with van der Waals surface area (Å²) in [5.74, 6) is -2.30. The third-order valence-corrected chi connectivity index (χ3v) is 18.7. The number of phosphoric ester groups is 2. The summed E-state index contributed by atoms with van der Waals surface area (Å²) in [5, 5.41) is 10.7. The minimum absolute atomic E-state index is 0.0284. The third-order valence-electron chi connectivity index (χ3n) is 16.8. The Balaban J connectivity index is 5.43. The zero-order valence-electron chi connectivity index (χ0n) is 66.3. The molecule has 0 aromatic rings. The van der Waals surface area contributed by atoms with E-state index in [4.69, 9.17) is 37.0 Å². The average Bonchev–Trinajstić information content (AvgIpc) is 0.933. The van der Waals surface area contributed by atoms with E-state index >= 15 is 0 Å². The van der Waals surface area contributed by atoms with Crippen molar-refractivity contribution in [3.8, 4) is 0 Å². The lowest BCUT2D eigenvalue weighted by Gasteiger charge is -2.21. The molecule has 0 radical (unpaired) electrons. The van der Waals surface area contributed by atoms with E-state index in [9.17, 15) is 43.2 Å². The molecule has 5 unspecified atom stereocenters. The summed E-state index contributed by atoms with van der Waals surface area (Å²) in [6.07, 6.45) is 89.7. The molecule has 0 heterocycles. The van der Waals surface area contributed by atoms with Crippen molar-refractivity contribution in [2.24, 2.45) is 0 Å². The highest BCUT2D eigenvalue weighted by Crippen LogP contribution is 2.45. The molecule has 3 N–H and O–H groups in total. The van der Waals surface area contributed by atoms with Crippen molar-refractivity contribution in [3.63, 3.8) is 0 Å². The van der Waals surface area contributed by atoms with Crippen molar-refractivity contribution < 1.29 is 80.2 Å². The van der Waals surface area contributed by atoms with E-state index in [1.807, 2.05) is 18.2 Å². The SMILES string of the molecule is CC/C=C\C/C=C\C/C=C\C/C=C\C/C=C\C/C=C\CCC(=O)OCC(COP(=O)(O)OCC(O)COP(=O)(O)OCC(COC(=O)CCCCCCCC/C=C\C/C=C\C/C=C\CCCCC)OC(=O)CCCCCCCCCCCCCCC)OC(=O)CCCCCCC/C=C\C/C=C\C/C=C\CC. The zero-order chi connectivity index (χ0) is 77.4. The number of aliphatic hydroxyl groups is 1. The van der Waals surface area contributed by atoms with Gasteiger partial charge in [-0.15, -0.1) is 0 Å². The summed E-state index contributed by atoms with van der Waals surface area (Å²) in [4.78, 5) is 73.1. The number of ether oxygens (including phenoxy) is 4. The highest BCUT2D eigenvalue weighted by atomic mass is 31.2. The molecule has 5 atom stereocenters. The maximum Gasteiger partial charge on any atom is 0.472 e. The predicted octanol–water partition coefficient (Wildman–Crippen LogP) is 24.2. The first-order valence-corrected chi connectivity index (χ1v) is 44.1. The standard InChI is InChI=1S/C87H146O17P2/c1-5-9-13-17-21-25-29-33-36-38-40-42-45-48-51-55-59-63-67-71-84(89)97-77-82(103-86(91)73-69-65-61-57-53-47-32-28-24-20-16-12-8-4)79-101-105(93,94)99-75-81(88)76-100-106(95,96)102-80-83(104-87(92)74-70-66-62-58-54-50-44-35-31-27-23-19-15-11-7-3)78-98-85(90)72-68-64-60-56-52-49-46-43-41-39-37-34-30-26-22-18-14-10-6-2/h10-11,14-15,21-23,25-27,33-37,40-44,49,52,60,64,81-83,88H,5-9,12-13,16-20,24,28-32,38-39,45-48,50-51,53-59,61-63,65-80H2,1-4H3,(H,93,94)(H,95,96)/b14-10-,15-11-,25-21-,26-22-,27-23-,36-33-,37-34-,42-40-,43-41-,44-35-,52-49-,64-60-. The lowest BCUT2D eigenvalue weighted by atomic mass is 10.0. The van der Waals surface area contributed by atoms with Crippen LogP contribution >= 0.6 is 15.6 Å². The van der Waals surface area contributed by atoms with Gasteiger partial charge in [0, 0.05) is 25.7 Å². The molecule has 0 saturated carbocycles. The second kappa shape index (κ2) is 78.1. The van der Waals surface area contributed by atoms with Gasteiger partial charge in [-0.05, 0) is 135 Å². The Morgan fingerprint density at radius 2 is 0.509 bits per heavy atom. The average molecular weight is 1530 g/mol. The molecular formula is C87H146O17P2. The van der Waals surface area contributed by atoms with Gasteiger partial charge >= 0.3 is 39.5 Å². The van der Waals surface area contributed by atoms with Gasteiger partial charge in [0.1, 0.15) is 19.3 Å². The van der Waals surface area contributed by atoms with Crippen molar-refractivity contribution in [3.05, 3.63) is 146 Å². The summed E-state index contributed by atoms with van der Waals surface area (Å²) >= 11 is 0. The molecule has 0 spiro atoms. The van der Waals surface area contributed by atoms with Crippen molar-refractivity contribution in [1.82, 2.24) is 0 Å². The van der Waals surface area contributed by atoms with Gasteiger partial charge in [0.05, 0.1) is 26.4 Å². The van der Waals surface area contributed by atoms with E-state index < -0.39 is 97.5 Å². The summed E-state index contributed by atoms with van der Waals surface area (Å²) in [6, 6.07) is 0. The molecule has 0 aliphatic carbocycles. The molecule has 19 heteroatoms. The summed E-state index contributed by atoms with van der Waals surface area (Å²) in [6.45, 7) is 4.52. The maximum atomic E-state index is 13.1. The highest BCUT2D eigenvalue weighted by Gasteiger charge is 2.30. The number of unbranched alkanes of at least 4 members (excludes halogenated alkanes) is 26. The van der Waals surface area contributed by atoms with Crippen molar-refractivity contribution in [2.75, 3.05) is 39.6 Å². The van der Waals surface area contributed by atoms with Crippen molar-refractivity contribution in [2.45, 2.75) is 341 Å². The van der Waals surface area contributed by atoms with E-state index in [1.165, 1.54) is 70.6 Å². The lowest BCUT2D eigenvalue weighted by Crippen LogP contribution is -2.30. The maximum absolute atomic E-state index is 13.1. The molecule has 17 nitrogen and oxygen atoms in total. The fourth-order valence-electron chi connectivity index (χ4n) is 10.6. The Hall–Kier alpha value is -5.06. The fraction of sp³-hybridized carbons (Fsp3) is 0.678. The Morgan fingerprint density at radius 1 is 0.274 bits per heavy atom. The van der Waals surface area contributed by atoms with Crippen LogP contribution in [0, 0.1) is 0 Å². The van der Waals surface area contributed by atoms with Crippen LogP contribution < -0.4 is 0 Å². The van der Waals surface area contributed by atoms with Crippen LogP contribution in [0.4, 0.5) is 0 Å². The Kier molecular flexibility index (Phi) is 74.3. The number of esters is 4. The molecule has 0 rings (SSSR count). The van der Waals surface area contributed by atoms with Gasteiger partial charge in [0.25, 0.3) is 0 Å². The third kappa shape index (κ3) is 77.1. The molecule has 0 bridgehead atoms. The first-order chi connectivity index (χ1) is 51.7. The number of aliphatic hydroxyl groups excluding tert-OH is 1. The second-order valence-corrected chi connectivity index (χ2v) is 29.9. The van der Waals surface area contributed by atoms with Crippen molar-refractivity contribution >= 4 is 39.5 Å². The Bertz CT molecular complexity index is 2580. The van der Waals surface area contributed by atoms with Gasteiger partial charge in [-0.2, -0.15) is 0 Å². The monoisotopic (exact) mass is 1530 g/mol.